The van der Waals surface area contributed by atoms with Crippen molar-refractivity contribution in [3.63, 3.8) is 0 Å². The first kappa shape index (κ1) is 19.0. The van der Waals surface area contributed by atoms with Crippen LogP contribution in [0.2, 0.25) is 0 Å². The summed E-state index contributed by atoms with van der Waals surface area (Å²) in [5.74, 6) is -0.276. The molecule has 122 valence electrons. The van der Waals surface area contributed by atoms with Crippen molar-refractivity contribution in [3.8, 4) is 0 Å². The number of unbranched alkanes of at least 4 members (excludes halogenated alkanes) is 1. The van der Waals surface area contributed by atoms with Gasteiger partial charge < -0.3 is 25.4 Å². The fourth-order valence-electron chi connectivity index (χ4n) is 1.60. The molecule has 0 heterocycles. The SMILES string of the molecule is CCOC(=O)NCCCCC(NC(=O)OCC)C(=O)NC. The monoisotopic (exact) mass is 303 g/mol. The molecule has 21 heavy (non-hydrogen) atoms. The lowest BCUT2D eigenvalue weighted by Crippen LogP contribution is -2.45. The summed E-state index contributed by atoms with van der Waals surface area (Å²) in [6, 6.07) is -0.642. The van der Waals surface area contributed by atoms with Gasteiger partial charge in [0.2, 0.25) is 5.91 Å². The van der Waals surface area contributed by atoms with E-state index < -0.39 is 18.2 Å². The van der Waals surface area contributed by atoms with Gasteiger partial charge in [-0.2, -0.15) is 0 Å². The van der Waals surface area contributed by atoms with E-state index in [1.165, 1.54) is 7.05 Å². The molecule has 0 spiro atoms. The quantitative estimate of drug-likeness (QED) is 0.545. The predicted octanol–water partition coefficient (Wildman–Crippen LogP) is 0.764. The van der Waals surface area contributed by atoms with Crippen LogP contribution in [0.1, 0.15) is 33.1 Å². The Bertz CT molecular complexity index is 336. The summed E-state index contributed by atoms with van der Waals surface area (Å²) in [6.45, 7) is 4.45. The molecule has 0 aliphatic heterocycles. The molecule has 0 aromatic carbocycles. The maximum atomic E-state index is 11.6. The van der Waals surface area contributed by atoms with Crippen LogP contribution in [0, 0.1) is 0 Å². The van der Waals surface area contributed by atoms with Crippen molar-refractivity contribution in [1.29, 1.82) is 0 Å². The normalized spacial score (nSPS) is 11.2. The van der Waals surface area contributed by atoms with E-state index in [0.717, 1.165) is 0 Å². The van der Waals surface area contributed by atoms with E-state index in [1.54, 1.807) is 13.8 Å². The molecule has 0 aromatic rings. The lowest BCUT2D eigenvalue weighted by atomic mass is 10.1. The molecule has 0 rings (SSSR count). The van der Waals surface area contributed by atoms with E-state index in [9.17, 15) is 14.4 Å². The topological polar surface area (TPSA) is 106 Å². The lowest BCUT2D eigenvalue weighted by Gasteiger charge is -2.16. The van der Waals surface area contributed by atoms with Crippen molar-refractivity contribution in [3.05, 3.63) is 0 Å². The number of alkyl carbamates (subject to hydrolysis) is 2. The van der Waals surface area contributed by atoms with Gasteiger partial charge in [-0.3, -0.25) is 4.79 Å². The van der Waals surface area contributed by atoms with Crippen molar-refractivity contribution in [1.82, 2.24) is 16.0 Å². The second-order valence-electron chi connectivity index (χ2n) is 4.17. The minimum Gasteiger partial charge on any atom is -0.450 e. The molecule has 0 fully saturated rings. The molecule has 0 saturated heterocycles. The van der Waals surface area contributed by atoms with E-state index in [4.69, 9.17) is 9.47 Å². The Kier molecular flexibility index (Phi) is 10.7. The Morgan fingerprint density at radius 2 is 1.62 bits per heavy atom. The third-order valence-electron chi connectivity index (χ3n) is 2.59. The van der Waals surface area contributed by atoms with Gasteiger partial charge in [-0.05, 0) is 33.1 Å². The molecule has 8 nitrogen and oxygen atoms in total. The molecule has 0 radical (unpaired) electrons. The van der Waals surface area contributed by atoms with Crippen molar-refractivity contribution < 1.29 is 23.9 Å². The molecule has 1 unspecified atom stereocenters. The summed E-state index contributed by atoms with van der Waals surface area (Å²) in [7, 11) is 1.50. The predicted molar refractivity (Wildman–Crippen MR) is 76.9 cm³/mol. The summed E-state index contributed by atoms with van der Waals surface area (Å²) >= 11 is 0. The molecule has 0 aliphatic carbocycles. The van der Waals surface area contributed by atoms with Gasteiger partial charge in [-0.1, -0.05) is 0 Å². The molecule has 3 N–H and O–H groups in total. The highest BCUT2D eigenvalue weighted by Gasteiger charge is 2.19. The first-order chi connectivity index (χ1) is 10.0. The Hall–Kier alpha value is -1.99. The first-order valence-corrected chi connectivity index (χ1v) is 7.10. The van der Waals surface area contributed by atoms with Crippen LogP contribution in [-0.2, 0) is 14.3 Å². The summed E-state index contributed by atoms with van der Waals surface area (Å²) in [6.07, 6.45) is 0.734. The molecule has 1 atom stereocenters. The highest BCUT2D eigenvalue weighted by molar-refractivity contribution is 5.85. The molecule has 0 saturated carbocycles. The van der Waals surface area contributed by atoms with E-state index in [0.29, 0.717) is 32.4 Å². The van der Waals surface area contributed by atoms with Crippen LogP contribution in [0.5, 0.6) is 0 Å². The van der Waals surface area contributed by atoms with Crippen molar-refractivity contribution in [2.75, 3.05) is 26.8 Å². The van der Waals surface area contributed by atoms with E-state index >= 15 is 0 Å². The lowest BCUT2D eigenvalue weighted by molar-refractivity contribution is -0.122. The van der Waals surface area contributed by atoms with Gasteiger partial charge in [0.15, 0.2) is 0 Å². The van der Waals surface area contributed by atoms with E-state index in [-0.39, 0.29) is 12.5 Å². The number of carbonyl (C=O) groups excluding carboxylic acids is 3. The largest absolute Gasteiger partial charge is 0.450 e. The molecule has 0 aliphatic rings. The Balaban J connectivity index is 3.99. The van der Waals surface area contributed by atoms with Crippen LogP contribution < -0.4 is 16.0 Å². The van der Waals surface area contributed by atoms with Crippen LogP contribution in [0.3, 0.4) is 0 Å². The third-order valence-corrected chi connectivity index (χ3v) is 2.59. The van der Waals surface area contributed by atoms with Gasteiger partial charge in [0.05, 0.1) is 13.2 Å². The average molecular weight is 303 g/mol. The van der Waals surface area contributed by atoms with Crippen LogP contribution in [0.4, 0.5) is 9.59 Å². The number of ether oxygens (including phenoxy) is 2. The van der Waals surface area contributed by atoms with Gasteiger partial charge in [0.1, 0.15) is 6.04 Å². The van der Waals surface area contributed by atoms with Crippen LogP contribution in [-0.4, -0.2) is 50.9 Å². The second kappa shape index (κ2) is 11.8. The number of hydrogen-bond donors (Lipinski definition) is 3. The molecule has 0 bridgehead atoms. The standard InChI is InChI=1S/C13H25N3O5/c1-4-20-12(18)15-9-7-6-8-10(11(17)14-3)16-13(19)21-5-2/h10H,4-9H2,1-3H3,(H,14,17)(H,15,18)(H,16,19). The molecule has 0 aromatic heterocycles. The van der Waals surface area contributed by atoms with Crippen molar-refractivity contribution in [2.24, 2.45) is 0 Å². The minimum absolute atomic E-state index is 0.246. The molecular formula is C13H25N3O5. The average Bonchev–Trinajstić information content (AvgIpc) is 2.45. The second-order valence-corrected chi connectivity index (χ2v) is 4.17. The highest BCUT2D eigenvalue weighted by atomic mass is 16.6. The van der Waals surface area contributed by atoms with Gasteiger partial charge >= 0.3 is 12.2 Å². The van der Waals surface area contributed by atoms with Crippen LogP contribution in [0.25, 0.3) is 0 Å². The zero-order valence-corrected chi connectivity index (χ0v) is 12.9. The summed E-state index contributed by atoms with van der Waals surface area (Å²) in [5.41, 5.74) is 0. The number of nitrogens with one attached hydrogen (secondary N) is 3. The summed E-state index contributed by atoms with van der Waals surface area (Å²) in [4.78, 5) is 34.0. The van der Waals surface area contributed by atoms with Gasteiger partial charge in [0.25, 0.3) is 0 Å². The highest BCUT2D eigenvalue weighted by Crippen LogP contribution is 2.02. The molecule has 8 heteroatoms. The number of likely N-dealkylation sites (N-methyl/N-ethyl adjacent to an activating group) is 1. The number of amides is 3. The van der Waals surface area contributed by atoms with Gasteiger partial charge in [-0.25, -0.2) is 9.59 Å². The number of carbonyl (C=O) groups is 3. The van der Waals surface area contributed by atoms with Crippen molar-refractivity contribution in [2.45, 2.75) is 39.2 Å². The van der Waals surface area contributed by atoms with Crippen LogP contribution >= 0.6 is 0 Å². The van der Waals surface area contributed by atoms with Crippen molar-refractivity contribution >= 4 is 18.1 Å². The Morgan fingerprint density at radius 3 is 2.19 bits per heavy atom. The molecule has 3 amide bonds. The minimum atomic E-state index is -0.642. The number of hydrogen-bond acceptors (Lipinski definition) is 5. The fraction of sp³-hybridized carbons (Fsp3) is 0.769. The van der Waals surface area contributed by atoms with Crippen LogP contribution in [0.15, 0.2) is 0 Å². The zero-order chi connectivity index (χ0) is 16.1. The zero-order valence-electron chi connectivity index (χ0n) is 12.9. The maximum Gasteiger partial charge on any atom is 0.407 e. The summed E-state index contributed by atoms with van der Waals surface area (Å²) in [5, 5.41) is 7.58. The maximum absolute atomic E-state index is 11.6. The molecular weight excluding hydrogens is 278 g/mol. The fourth-order valence-corrected chi connectivity index (χ4v) is 1.60. The van der Waals surface area contributed by atoms with Gasteiger partial charge in [-0.15, -0.1) is 0 Å². The summed E-state index contributed by atoms with van der Waals surface area (Å²) < 4.78 is 9.47. The van der Waals surface area contributed by atoms with E-state index in [2.05, 4.69) is 16.0 Å². The van der Waals surface area contributed by atoms with E-state index in [1.807, 2.05) is 0 Å². The smallest absolute Gasteiger partial charge is 0.407 e. The first-order valence-electron chi connectivity index (χ1n) is 7.10. The van der Waals surface area contributed by atoms with Gasteiger partial charge in [0, 0.05) is 13.6 Å². The third kappa shape index (κ3) is 9.53. The Labute approximate surface area is 124 Å². The Morgan fingerprint density at radius 1 is 1.00 bits per heavy atom. The number of rotatable bonds is 9.